The Morgan fingerprint density at radius 2 is 1.68 bits per heavy atom. The molecule has 1 saturated carbocycles. The van der Waals surface area contributed by atoms with E-state index in [0.717, 1.165) is 0 Å². The normalized spacial score (nSPS) is 24.3. The lowest BCUT2D eigenvalue weighted by Gasteiger charge is -2.31. The molecule has 0 atom stereocenters. The summed E-state index contributed by atoms with van der Waals surface area (Å²) in [5, 5.41) is 4.26. The van der Waals surface area contributed by atoms with Gasteiger partial charge in [-0.2, -0.15) is 13.2 Å². The van der Waals surface area contributed by atoms with Crippen LogP contribution < -0.4 is 5.32 Å². The molecule has 1 aliphatic carbocycles. The second-order valence-electron chi connectivity index (χ2n) is 4.86. The van der Waals surface area contributed by atoms with E-state index in [2.05, 4.69) is 5.32 Å². The zero-order chi connectivity index (χ0) is 14.0. The molecule has 6 heteroatoms. The molecule has 2 rings (SSSR count). The largest absolute Gasteiger partial charge is 0.391 e. The first-order chi connectivity index (χ1) is 8.86. The SMILES string of the molecule is FC(F)(F)C1CCC(Nc2cc(Cl)ccc2Cl)CC1. The second-order valence-corrected chi connectivity index (χ2v) is 5.70. The Bertz CT molecular complexity index is 440. The molecule has 1 aromatic carbocycles. The Labute approximate surface area is 120 Å². The summed E-state index contributed by atoms with van der Waals surface area (Å²) in [6, 6.07) is 5.07. The average molecular weight is 312 g/mol. The van der Waals surface area contributed by atoms with Crippen molar-refractivity contribution in [3.8, 4) is 0 Å². The first-order valence-corrected chi connectivity index (χ1v) is 6.90. The van der Waals surface area contributed by atoms with Gasteiger partial charge in [-0.1, -0.05) is 23.2 Å². The van der Waals surface area contributed by atoms with Crippen molar-refractivity contribution >= 4 is 28.9 Å². The molecule has 1 N–H and O–H groups in total. The molecule has 0 saturated heterocycles. The molecular weight excluding hydrogens is 298 g/mol. The van der Waals surface area contributed by atoms with Crippen LogP contribution in [0.4, 0.5) is 18.9 Å². The second kappa shape index (κ2) is 5.80. The topological polar surface area (TPSA) is 12.0 Å². The maximum absolute atomic E-state index is 12.6. The summed E-state index contributed by atoms with van der Waals surface area (Å²) in [5.41, 5.74) is 0.685. The molecule has 0 spiro atoms. The van der Waals surface area contributed by atoms with Crippen molar-refractivity contribution in [1.82, 2.24) is 0 Å². The van der Waals surface area contributed by atoms with Gasteiger partial charge in [0.25, 0.3) is 0 Å². The summed E-state index contributed by atoms with van der Waals surface area (Å²) >= 11 is 11.9. The predicted octanol–water partition coefficient (Wildman–Crippen LogP) is 5.53. The predicted molar refractivity (Wildman–Crippen MR) is 71.9 cm³/mol. The van der Waals surface area contributed by atoms with Crippen LogP contribution in [0.2, 0.25) is 10.0 Å². The monoisotopic (exact) mass is 311 g/mol. The van der Waals surface area contributed by atoms with Gasteiger partial charge in [0.2, 0.25) is 0 Å². The fourth-order valence-electron chi connectivity index (χ4n) is 2.39. The molecule has 1 aromatic rings. The number of rotatable bonds is 2. The molecule has 1 fully saturated rings. The summed E-state index contributed by atoms with van der Waals surface area (Å²) in [7, 11) is 0. The van der Waals surface area contributed by atoms with Crippen molar-refractivity contribution in [1.29, 1.82) is 0 Å². The van der Waals surface area contributed by atoms with Crippen LogP contribution in [0.5, 0.6) is 0 Å². The number of hydrogen-bond donors (Lipinski definition) is 1. The quantitative estimate of drug-likeness (QED) is 0.757. The van der Waals surface area contributed by atoms with E-state index in [4.69, 9.17) is 23.2 Å². The molecule has 0 unspecified atom stereocenters. The fraction of sp³-hybridized carbons (Fsp3) is 0.538. The van der Waals surface area contributed by atoms with Crippen LogP contribution in [-0.4, -0.2) is 12.2 Å². The van der Waals surface area contributed by atoms with Crippen molar-refractivity contribution in [3.63, 3.8) is 0 Å². The third-order valence-corrected chi connectivity index (χ3v) is 4.04. The number of hydrogen-bond acceptors (Lipinski definition) is 1. The number of anilines is 1. The smallest absolute Gasteiger partial charge is 0.381 e. The Morgan fingerprint density at radius 3 is 2.26 bits per heavy atom. The highest BCUT2D eigenvalue weighted by atomic mass is 35.5. The van der Waals surface area contributed by atoms with Gasteiger partial charge in [-0.05, 0) is 43.9 Å². The van der Waals surface area contributed by atoms with Gasteiger partial charge < -0.3 is 5.32 Å². The van der Waals surface area contributed by atoms with Gasteiger partial charge in [-0.25, -0.2) is 0 Å². The van der Waals surface area contributed by atoms with Crippen molar-refractivity contribution in [3.05, 3.63) is 28.2 Å². The molecule has 0 aromatic heterocycles. The summed E-state index contributed by atoms with van der Waals surface area (Å²) in [5.74, 6) is -1.17. The van der Waals surface area contributed by atoms with Gasteiger partial charge in [0, 0.05) is 11.1 Å². The Hall–Kier alpha value is -0.610. The third-order valence-electron chi connectivity index (χ3n) is 3.48. The van der Waals surface area contributed by atoms with E-state index in [9.17, 15) is 13.2 Å². The average Bonchev–Trinajstić information content (AvgIpc) is 2.33. The molecule has 0 radical (unpaired) electrons. The first kappa shape index (κ1) is 14.8. The van der Waals surface area contributed by atoms with Gasteiger partial charge in [0.15, 0.2) is 0 Å². The zero-order valence-electron chi connectivity index (χ0n) is 10.1. The number of nitrogens with one attached hydrogen (secondary N) is 1. The molecule has 0 aliphatic heterocycles. The van der Waals surface area contributed by atoms with Crippen molar-refractivity contribution in [2.24, 2.45) is 5.92 Å². The molecule has 0 bridgehead atoms. The maximum atomic E-state index is 12.6. The Balaban J connectivity index is 1.94. The van der Waals surface area contributed by atoms with E-state index in [1.807, 2.05) is 0 Å². The van der Waals surface area contributed by atoms with Crippen LogP contribution >= 0.6 is 23.2 Å². The van der Waals surface area contributed by atoms with Crippen molar-refractivity contribution in [2.75, 3.05) is 5.32 Å². The molecular formula is C13H14Cl2F3N. The van der Waals surface area contributed by atoms with Gasteiger partial charge in [-0.3, -0.25) is 0 Å². The minimum Gasteiger partial charge on any atom is -0.381 e. The highest BCUT2D eigenvalue weighted by molar-refractivity contribution is 6.35. The fourth-order valence-corrected chi connectivity index (χ4v) is 2.74. The number of alkyl halides is 3. The minimum atomic E-state index is -4.07. The number of halogens is 5. The minimum absolute atomic E-state index is 0.0227. The van der Waals surface area contributed by atoms with E-state index in [-0.39, 0.29) is 18.9 Å². The lowest BCUT2D eigenvalue weighted by atomic mass is 9.85. The van der Waals surface area contributed by atoms with E-state index in [1.54, 1.807) is 18.2 Å². The lowest BCUT2D eigenvalue weighted by molar-refractivity contribution is -0.182. The standard InChI is InChI=1S/C13H14Cl2F3N/c14-9-3-6-11(15)12(7-9)19-10-4-1-8(2-5-10)13(16,17)18/h3,6-8,10,19H,1-2,4-5H2. The zero-order valence-corrected chi connectivity index (χ0v) is 11.6. The van der Waals surface area contributed by atoms with Crippen LogP contribution in [0.3, 0.4) is 0 Å². The molecule has 1 nitrogen and oxygen atoms in total. The van der Waals surface area contributed by atoms with E-state index in [1.165, 1.54) is 0 Å². The van der Waals surface area contributed by atoms with Crippen LogP contribution in [0.25, 0.3) is 0 Å². The van der Waals surface area contributed by atoms with Gasteiger partial charge in [0.05, 0.1) is 16.6 Å². The van der Waals surface area contributed by atoms with Crippen LogP contribution in [0.15, 0.2) is 18.2 Å². The van der Waals surface area contributed by atoms with Gasteiger partial charge in [0.1, 0.15) is 0 Å². The Kier molecular flexibility index (Phi) is 4.51. The highest BCUT2D eigenvalue weighted by Gasteiger charge is 2.41. The lowest BCUT2D eigenvalue weighted by Crippen LogP contribution is -2.32. The van der Waals surface area contributed by atoms with E-state index >= 15 is 0 Å². The summed E-state index contributed by atoms with van der Waals surface area (Å²) in [6.45, 7) is 0. The molecule has 1 aliphatic rings. The summed E-state index contributed by atoms with van der Waals surface area (Å²) in [4.78, 5) is 0. The molecule has 106 valence electrons. The first-order valence-electron chi connectivity index (χ1n) is 6.14. The Morgan fingerprint density at radius 1 is 1.05 bits per heavy atom. The van der Waals surface area contributed by atoms with Crippen LogP contribution in [0.1, 0.15) is 25.7 Å². The molecule has 0 amide bonds. The van der Waals surface area contributed by atoms with Gasteiger partial charge in [-0.15, -0.1) is 0 Å². The third kappa shape index (κ3) is 3.93. The maximum Gasteiger partial charge on any atom is 0.391 e. The summed E-state index contributed by atoms with van der Waals surface area (Å²) < 4.78 is 37.7. The number of benzene rings is 1. The van der Waals surface area contributed by atoms with E-state index in [0.29, 0.717) is 28.6 Å². The molecule has 19 heavy (non-hydrogen) atoms. The van der Waals surface area contributed by atoms with Gasteiger partial charge >= 0.3 is 6.18 Å². The van der Waals surface area contributed by atoms with E-state index < -0.39 is 12.1 Å². The summed E-state index contributed by atoms with van der Waals surface area (Å²) in [6.07, 6.45) is -2.75. The highest BCUT2D eigenvalue weighted by Crippen LogP contribution is 2.38. The van der Waals surface area contributed by atoms with Crippen LogP contribution in [-0.2, 0) is 0 Å². The van der Waals surface area contributed by atoms with Crippen LogP contribution in [0, 0.1) is 5.92 Å². The van der Waals surface area contributed by atoms with Crippen molar-refractivity contribution < 1.29 is 13.2 Å². The molecule has 0 heterocycles. The van der Waals surface area contributed by atoms with Crippen molar-refractivity contribution in [2.45, 2.75) is 37.9 Å².